The third-order valence-corrected chi connectivity index (χ3v) is 4.45. The van der Waals surface area contributed by atoms with Crippen LogP contribution < -0.4 is 0 Å². The van der Waals surface area contributed by atoms with Crippen molar-refractivity contribution in [3.63, 3.8) is 0 Å². The van der Waals surface area contributed by atoms with Gasteiger partial charge in [-0.3, -0.25) is 0 Å². The van der Waals surface area contributed by atoms with Crippen LogP contribution in [0.4, 0.5) is 8.78 Å². The molecule has 0 saturated heterocycles. The van der Waals surface area contributed by atoms with Gasteiger partial charge in [-0.05, 0) is 24.6 Å². The van der Waals surface area contributed by atoms with E-state index in [9.17, 15) is 13.6 Å². The molecule has 112 valence electrons. The Balaban J connectivity index is 2.33. The standard InChI is InChI=1S/C17H12F2O2S/c1-2-21-17(20)16-13(10-6-4-3-5-7-10)11-8-9-12(18)14(19)15(11)22-16/h3-9H,2H2,1H3. The molecule has 0 spiro atoms. The molecule has 3 aromatic rings. The largest absolute Gasteiger partial charge is 0.462 e. The summed E-state index contributed by atoms with van der Waals surface area (Å²) in [6, 6.07) is 11.7. The topological polar surface area (TPSA) is 26.3 Å². The molecule has 0 atom stereocenters. The van der Waals surface area contributed by atoms with Crippen LogP contribution in [0.15, 0.2) is 42.5 Å². The molecule has 22 heavy (non-hydrogen) atoms. The minimum absolute atomic E-state index is 0.127. The molecular formula is C17H12F2O2S. The van der Waals surface area contributed by atoms with E-state index in [2.05, 4.69) is 0 Å². The van der Waals surface area contributed by atoms with Crippen LogP contribution in [0, 0.1) is 11.6 Å². The second kappa shape index (κ2) is 5.85. The lowest BCUT2D eigenvalue weighted by Gasteiger charge is -2.05. The Morgan fingerprint density at radius 3 is 2.55 bits per heavy atom. The molecule has 2 nitrogen and oxygen atoms in total. The summed E-state index contributed by atoms with van der Waals surface area (Å²) in [7, 11) is 0. The first-order valence-electron chi connectivity index (χ1n) is 6.76. The van der Waals surface area contributed by atoms with Gasteiger partial charge >= 0.3 is 5.97 Å². The average molecular weight is 318 g/mol. The van der Waals surface area contributed by atoms with E-state index in [1.165, 1.54) is 6.07 Å². The zero-order chi connectivity index (χ0) is 15.7. The maximum Gasteiger partial charge on any atom is 0.348 e. The summed E-state index contributed by atoms with van der Waals surface area (Å²) in [5, 5.41) is 0.512. The summed E-state index contributed by atoms with van der Waals surface area (Å²) in [6.45, 7) is 1.92. The fourth-order valence-corrected chi connectivity index (χ4v) is 3.48. The molecular weight excluding hydrogens is 306 g/mol. The van der Waals surface area contributed by atoms with E-state index in [1.807, 2.05) is 30.3 Å². The van der Waals surface area contributed by atoms with Crippen molar-refractivity contribution in [3.05, 3.63) is 59.0 Å². The third-order valence-electron chi connectivity index (χ3n) is 3.27. The second-order valence-electron chi connectivity index (χ2n) is 4.63. The van der Waals surface area contributed by atoms with Crippen LogP contribution in [0.5, 0.6) is 0 Å². The molecule has 0 radical (unpaired) electrons. The van der Waals surface area contributed by atoms with E-state index in [0.717, 1.165) is 23.0 Å². The highest BCUT2D eigenvalue weighted by molar-refractivity contribution is 7.21. The number of carbonyl (C=O) groups excluding carboxylic acids is 1. The molecule has 0 fully saturated rings. The summed E-state index contributed by atoms with van der Waals surface area (Å²) in [5.74, 6) is -2.39. The van der Waals surface area contributed by atoms with Crippen molar-refractivity contribution < 1.29 is 18.3 Å². The summed E-state index contributed by atoms with van der Waals surface area (Å²) in [5.41, 5.74) is 1.35. The highest BCUT2D eigenvalue weighted by atomic mass is 32.1. The lowest BCUT2D eigenvalue weighted by atomic mass is 10.0. The molecule has 0 saturated carbocycles. The highest BCUT2D eigenvalue weighted by Gasteiger charge is 2.23. The van der Waals surface area contributed by atoms with Crippen molar-refractivity contribution in [1.29, 1.82) is 0 Å². The van der Waals surface area contributed by atoms with Gasteiger partial charge in [0.1, 0.15) is 4.88 Å². The number of rotatable bonds is 3. The Bertz CT molecular complexity index is 841. The fourth-order valence-electron chi connectivity index (χ4n) is 2.34. The first-order valence-corrected chi connectivity index (χ1v) is 7.58. The molecule has 5 heteroatoms. The summed E-state index contributed by atoms with van der Waals surface area (Å²) < 4.78 is 32.7. The normalized spacial score (nSPS) is 10.9. The molecule has 1 aromatic heterocycles. The van der Waals surface area contributed by atoms with Crippen molar-refractivity contribution in [1.82, 2.24) is 0 Å². The highest BCUT2D eigenvalue weighted by Crippen LogP contribution is 2.40. The van der Waals surface area contributed by atoms with Crippen molar-refractivity contribution >= 4 is 27.4 Å². The fraction of sp³-hybridized carbons (Fsp3) is 0.118. The third kappa shape index (κ3) is 2.37. The average Bonchev–Trinajstić information content (AvgIpc) is 2.92. The predicted molar refractivity (Wildman–Crippen MR) is 83.1 cm³/mol. The Kier molecular flexibility index (Phi) is 3.90. The molecule has 0 bridgehead atoms. The predicted octanol–water partition coefficient (Wildman–Crippen LogP) is 5.02. The number of ether oxygens (including phenoxy) is 1. The number of benzene rings is 2. The van der Waals surface area contributed by atoms with Crippen LogP contribution in [0.1, 0.15) is 16.6 Å². The lowest BCUT2D eigenvalue weighted by Crippen LogP contribution is -2.03. The van der Waals surface area contributed by atoms with Crippen LogP contribution in [-0.2, 0) is 4.74 Å². The molecule has 0 amide bonds. The van der Waals surface area contributed by atoms with Gasteiger partial charge in [-0.1, -0.05) is 30.3 Å². The molecule has 0 aliphatic rings. The van der Waals surface area contributed by atoms with Gasteiger partial charge in [-0.2, -0.15) is 0 Å². The maximum atomic E-state index is 14.0. The van der Waals surface area contributed by atoms with E-state index < -0.39 is 17.6 Å². The van der Waals surface area contributed by atoms with Gasteiger partial charge in [0.05, 0.1) is 11.3 Å². The summed E-state index contributed by atoms with van der Waals surface area (Å²) in [6.07, 6.45) is 0. The van der Waals surface area contributed by atoms with Gasteiger partial charge in [-0.15, -0.1) is 11.3 Å². The van der Waals surface area contributed by atoms with Gasteiger partial charge in [0, 0.05) is 10.9 Å². The van der Waals surface area contributed by atoms with Crippen LogP contribution in [-0.4, -0.2) is 12.6 Å². The quantitative estimate of drug-likeness (QED) is 0.634. The summed E-state index contributed by atoms with van der Waals surface area (Å²) in [4.78, 5) is 12.5. The molecule has 0 N–H and O–H groups in total. The minimum Gasteiger partial charge on any atom is -0.462 e. The SMILES string of the molecule is CCOC(=O)c1sc2c(F)c(F)ccc2c1-c1ccccc1. The number of hydrogen-bond acceptors (Lipinski definition) is 3. The molecule has 0 aliphatic carbocycles. The summed E-state index contributed by atoms with van der Waals surface area (Å²) >= 11 is 0.918. The van der Waals surface area contributed by atoms with Crippen LogP contribution in [0.2, 0.25) is 0 Å². The Morgan fingerprint density at radius 1 is 1.14 bits per heavy atom. The van der Waals surface area contributed by atoms with Gasteiger partial charge in [0.15, 0.2) is 11.6 Å². The smallest absolute Gasteiger partial charge is 0.348 e. The van der Waals surface area contributed by atoms with Gasteiger partial charge in [0.25, 0.3) is 0 Å². The van der Waals surface area contributed by atoms with Crippen molar-refractivity contribution in [2.45, 2.75) is 6.92 Å². The number of carbonyl (C=O) groups is 1. The number of fused-ring (bicyclic) bond motifs is 1. The van der Waals surface area contributed by atoms with Crippen molar-refractivity contribution in [2.75, 3.05) is 6.61 Å². The number of thiophene rings is 1. The van der Waals surface area contributed by atoms with E-state index in [0.29, 0.717) is 10.9 Å². The molecule has 0 aliphatic heterocycles. The zero-order valence-electron chi connectivity index (χ0n) is 11.7. The van der Waals surface area contributed by atoms with Crippen LogP contribution in [0.25, 0.3) is 21.2 Å². The van der Waals surface area contributed by atoms with Crippen LogP contribution >= 0.6 is 11.3 Å². The van der Waals surface area contributed by atoms with E-state index in [-0.39, 0.29) is 16.2 Å². The number of hydrogen-bond donors (Lipinski definition) is 0. The Morgan fingerprint density at radius 2 is 1.86 bits per heavy atom. The first-order chi connectivity index (χ1) is 10.6. The zero-order valence-corrected chi connectivity index (χ0v) is 12.5. The van der Waals surface area contributed by atoms with E-state index in [1.54, 1.807) is 6.92 Å². The van der Waals surface area contributed by atoms with Gasteiger partial charge in [-0.25, -0.2) is 13.6 Å². The van der Waals surface area contributed by atoms with Crippen molar-refractivity contribution in [2.24, 2.45) is 0 Å². The Labute approximate surface area is 130 Å². The lowest BCUT2D eigenvalue weighted by molar-refractivity contribution is 0.0533. The van der Waals surface area contributed by atoms with Crippen molar-refractivity contribution in [3.8, 4) is 11.1 Å². The van der Waals surface area contributed by atoms with E-state index in [4.69, 9.17) is 4.74 Å². The molecule has 2 aromatic carbocycles. The molecule has 1 heterocycles. The Hall–Kier alpha value is -2.27. The minimum atomic E-state index is -0.935. The molecule has 3 rings (SSSR count). The van der Waals surface area contributed by atoms with Gasteiger partial charge < -0.3 is 4.74 Å². The van der Waals surface area contributed by atoms with Gasteiger partial charge in [0.2, 0.25) is 0 Å². The number of esters is 1. The first kappa shape index (κ1) is 14.7. The monoisotopic (exact) mass is 318 g/mol. The molecule has 0 unspecified atom stereocenters. The second-order valence-corrected chi connectivity index (χ2v) is 5.65. The number of halogens is 2. The van der Waals surface area contributed by atoms with Crippen LogP contribution in [0.3, 0.4) is 0 Å². The van der Waals surface area contributed by atoms with E-state index >= 15 is 0 Å². The maximum absolute atomic E-state index is 14.0.